The van der Waals surface area contributed by atoms with Crippen LogP contribution in [-0.4, -0.2) is 23.7 Å². The van der Waals surface area contributed by atoms with Crippen LogP contribution in [-0.2, 0) is 10.1 Å². The zero-order chi connectivity index (χ0) is 19.6. The first-order valence-electron chi connectivity index (χ1n) is 8.68. The van der Waals surface area contributed by atoms with Crippen LogP contribution in [0.2, 0.25) is 0 Å². The van der Waals surface area contributed by atoms with Crippen molar-refractivity contribution in [3.05, 3.63) is 66.2 Å². The van der Waals surface area contributed by atoms with Crippen molar-refractivity contribution < 1.29 is 13.0 Å². The van der Waals surface area contributed by atoms with E-state index < -0.39 is 10.1 Å². The second-order valence-electron chi connectivity index (χ2n) is 6.31. The third-order valence-corrected chi connectivity index (χ3v) is 7.59. The largest absolute Gasteiger partial charge is 0.353 e. The molecule has 1 aliphatic heterocycles. The van der Waals surface area contributed by atoms with Gasteiger partial charge in [0.05, 0.1) is 10.6 Å². The number of hydrogen-bond donors (Lipinski definition) is 2. The van der Waals surface area contributed by atoms with E-state index in [0.29, 0.717) is 10.5 Å². The lowest BCUT2D eigenvalue weighted by molar-refractivity contribution is 0.483. The van der Waals surface area contributed by atoms with Crippen LogP contribution < -0.4 is 5.32 Å². The molecule has 1 heterocycles. The molecule has 4 nitrogen and oxygen atoms in total. The summed E-state index contributed by atoms with van der Waals surface area (Å²) in [6.45, 7) is 6.31. The number of rotatable bonds is 2. The third kappa shape index (κ3) is 4.24. The first kappa shape index (κ1) is 19.6. The summed E-state index contributed by atoms with van der Waals surface area (Å²) in [6.07, 6.45) is 0. The van der Waals surface area contributed by atoms with E-state index >= 15 is 0 Å². The van der Waals surface area contributed by atoms with Crippen LogP contribution >= 0.6 is 10.5 Å². The van der Waals surface area contributed by atoms with Gasteiger partial charge in [0.15, 0.2) is 0 Å². The third-order valence-electron chi connectivity index (χ3n) is 4.43. The molecule has 0 aliphatic carbocycles. The molecule has 0 fully saturated rings. The Morgan fingerprint density at radius 1 is 0.963 bits per heavy atom. The molecule has 0 saturated heterocycles. The molecule has 1 atom stereocenters. The molecule has 0 bridgehead atoms. The number of nitrogens with one attached hydrogen (secondary N) is 1. The highest BCUT2D eigenvalue weighted by Gasteiger charge is 2.17. The van der Waals surface area contributed by atoms with Crippen molar-refractivity contribution in [3.63, 3.8) is 0 Å². The molecular weight excluding hydrogens is 378 g/mol. The fourth-order valence-corrected chi connectivity index (χ4v) is 5.49. The second-order valence-corrected chi connectivity index (χ2v) is 10.1. The van der Waals surface area contributed by atoms with Crippen molar-refractivity contribution in [2.24, 2.45) is 0 Å². The minimum absolute atomic E-state index is 0.0666. The van der Waals surface area contributed by atoms with Gasteiger partial charge in [-0.2, -0.15) is 8.42 Å². The van der Waals surface area contributed by atoms with E-state index in [1.54, 1.807) is 12.1 Å². The Morgan fingerprint density at radius 2 is 1.63 bits per heavy atom. The zero-order valence-corrected chi connectivity index (χ0v) is 17.2. The standard InChI is InChI=1S/C14H15NS.C7H8O3S/c1-3-16-10(2)15-14-12-7-5-4-6-11(12)8-9-13(14)16;1-6-2-4-7(5-3-6)11(8,9)10/h4-9,15H,3H2,1-2H3;2-5H,1H3,(H,8,9,10). The Bertz CT molecular complexity index is 1120. The molecule has 2 N–H and O–H groups in total. The van der Waals surface area contributed by atoms with E-state index in [1.165, 1.54) is 44.2 Å². The summed E-state index contributed by atoms with van der Waals surface area (Å²) in [5.41, 5.74) is 2.29. The van der Waals surface area contributed by atoms with Crippen molar-refractivity contribution in [3.8, 4) is 0 Å². The molecule has 0 aromatic heterocycles. The van der Waals surface area contributed by atoms with Crippen LogP contribution in [0, 0.1) is 6.92 Å². The van der Waals surface area contributed by atoms with Gasteiger partial charge in [-0.25, -0.2) is 0 Å². The molecule has 3 aromatic carbocycles. The number of hydrogen-bond acceptors (Lipinski definition) is 3. The van der Waals surface area contributed by atoms with E-state index in [0.717, 1.165) is 5.56 Å². The summed E-state index contributed by atoms with van der Waals surface area (Å²) in [5, 5.41) is 6.24. The SMILES string of the molecule is CCS1=C(C)Nc2c1ccc1ccccc21.Cc1ccc(S(=O)(=O)O)cc1. The maximum atomic E-state index is 10.5. The van der Waals surface area contributed by atoms with Crippen molar-refractivity contribution in [1.29, 1.82) is 0 Å². The molecule has 1 aliphatic rings. The van der Waals surface area contributed by atoms with E-state index in [1.807, 2.05) is 6.92 Å². The highest BCUT2D eigenvalue weighted by Crippen LogP contribution is 2.43. The normalized spacial score (nSPS) is 15.7. The van der Waals surface area contributed by atoms with Crippen LogP contribution in [0.25, 0.3) is 10.8 Å². The lowest BCUT2D eigenvalue weighted by atomic mass is 10.1. The van der Waals surface area contributed by atoms with Gasteiger partial charge in [-0.15, -0.1) is 10.5 Å². The number of aryl methyl sites for hydroxylation is 1. The minimum atomic E-state index is -4.02. The van der Waals surface area contributed by atoms with Gasteiger partial charge in [-0.3, -0.25) is 4.55 Å². The monoisotopic (exact) mass is 401 g/mol. The molecule has 3 aromatic rings. The Kier molecular flexibility index (Phi) is 5.69. The maximum Gasteiger partial charge on any atom is 0.294 e. The molecule has 6 heteroatoms. The van der Waals surface area contributed by atoms with Gasteiger partial charge in [0.25, 0.3) is 10.1 Å². The molecule has 27 heavy (non-hydrogen) atoms. The highest BCUT2D eigenvalue weighted by atomic mass is 32.2. The number of anilines is 1. The lowest BCUT2D eigenvalue weighted by Crippen LogP contribution is -2.01. The quantitative estimate of drug-likeness (QED) is 0.451. The van der Waals surface area contributed by atoms with Crippen LogP contribution in [0.3, 0.4) is 0 Å². The summed E-state index contributed by atoms with van der Waals surface area (Å²) in [4.78, 5) is 2.83. The molecule has 1 unspecified atom stereocenters. The van der Waals surface area contributed by atoms with Gasteiger partial charge in [0.1, 0.15) is 0 Å². The van der Waals surface area contributed by atoms with Gasteiger partial charge in [0, 0.05) is 15.3 Å². The Morgan fingerprint density at radius 3 is 2.26 bits per heavy atom. The first-order chi connectivity index (χ1) is 12.8. The maximum absolute atomic E-state index is 10.5. The summed E-state index contributed by atoms with van der Waals surface area (Å²) in [5.74, 6) is 1.20. The van der Waals surface area contributed by atoms with Crippen LogP contribution in [0.15, 0.2) is 70.5 Å². The van der Waals surface area contributed by atoms with Crippen LogP contribution in [0.4, 0.5) is 5.69 Å². The van der Waals surface area contributed by atoms with E-state index in [2.05, 4.69) is 55.6 Å². The van der Waals surface area contributed by atoms with Crippen LogP contribution in [0.5, 0.6) is 0 Å². The van der Waals surface area contributed by atoms with Gasteiger partial charge < -0.3 is 5.32 Å². The summed E-state index contributed by atoms with van der Waals surface area (Å²) in [7, 11) is -3.72. The van der Waals surface area contributed by atoms with E-state index in [-0.39, 0.29) is 4.90 Å². The summed E-state index contributed by atoms with van der Waals surface area (Å²) < 4.78 is 29.6. The second kappa shape index (κ2) is 7.84. The van der Waals surface area contributed by atoms with Gasteiger partial charge in [-0.1, -0.05) is 55.0 Å². The van der Waals surface area contributed by atoms with Crippen molar-refractivity contribution in [2.45, 2.75) is 30.6 Å². The minimum Gasteiger partial charge on any atom is -0.353 e. The Labute approximate surface area is 162 Å². The van der Waals surface area contributed by atoms with Crippen molar-refractivity contribution >= 4 is 42.1 Å². The average molecular weight is 402 g/mol. The van der Waals surface area contributed by atoms with Gasteiger partial charge >= 0.3 is 0 Å². The zero-order valence-electron chi connectivity index (χ0n) is 15.6. The lowest BCUT2D eigenvalue weighted by Gasteiger charge is -2.07. The molecule has 0 amide bonds. The van der Waals surface area contributed by atoms with Gasteiger partial charge in [-0.05, 0) is 43.2 Å². The fourth-order valence-electron chi connectivity index (χ4n) is 3.07. The highest BCUT2D eigenvalue weighted by molar-refractivity contribution is 8.16. The number of fused-ring (bicyclic) bond motifs is 3. The number of benzene rings is 3. The molecule has 142 valence electrons. The molecule has 0 radical (unpaired) electrons. The Hall–Kier alpha value is -2.15. The first-order valence-corrected chi connectivity index (χ1v) is 11.5. The van der Waals surface area contributed by atoms with Crippen molar-refractivity contribution in [1.82, 2.24) is 0 Å². The average Bonchev–Trinajstić information content (AvgIpc) is 2.97. The van der Waals surface area contributed by atoms with Gasteiger partial charge in [0.2, 0.25) is 0 Å². The summed E-state index contributed by atoms with van der Waals surface area (Å²) >= 11 is 0. The predicted octanol–water partition coefficient (Wildman–Crippen LogP) is 5.30. The smallest absolute Gasteiger partial charge is 0.294 e. The fraction of sp³-hybridized carbons (Fsp3) is 0.190. The summed E-state index contributed by atoms with van der Waals surface area (Å²) in [6, 6.07) is 19.1. The molecular formula is C21H23NO3S2. The van der Waals surface area contributed by atoms with E-state index in [9.17, 15) is 8.42 Å². The van der Waals surface area contributed by atoms with E-state index in [4.69, 9.17) is 4.55 Å². The van der Waals surface area contributed by atoms with Crippen molar-refractivity contribution in [2.75, 3.05) is 11.1 Å². The topological polar surface area (TPSA) is 66.4 Å². The molecule has 4 rings (SSSR count). The predicted molar refractivity (Wildman–Crippen MR) is 116 cm³/mol. The Balaban J connectivity index is 0.000000168. The van der Waals surface area contributed by atoms with Crippen LogP contribution in [0.1, 0.15) is 19.4 Å². The molecule has 0 saturated carbocycles. The molecule has 0 spiro atoms.